The fraction of sp³-hybridized carbons (Fsp3) is 0.500. The van der Waals surface area contributed by atoms with Gasteiger partial charge in [0.05, 0.1) is 0 Å². The van der Waals surface area contributed by atoms with E-state index >= 15 is 0 Å². The van der Waals surface area contributed by atoms with Crippen molar-refractivity contribution in [3.63, 3.8) is 0 Å². The molecule has 0 saturated heterocycles. The summed E-state index contributed by atoms with van der Waals surface area (Å²) in [4.78, 5) is 0. The number of rotatable bonds is 2. The Morgan fingerprint density at radius 2 is 2.12 bits per heavy atom. The molecule has 0 amide bonds. The first kappa shape index (κ1) is 7.21. The molecule has 0 aromatic carbocycles. The SMILES string of the molecule is CC(C)/C=C\C(=N)N. The third kappa shape index (κ3) is 5.21. The van der Waals surface area contributed by atoms with Crippen molar-refractivity contribution in [2.45, 2.75) is 13.8 Å². The fourth-order valence-corrected chi connectivity index (χ4v) is 0.296. The Balaban J connectivity index is 3.50. The Labute approximate surface area is 49.9 Å². The highest BCUT2D eigenvalue weighted by molar-refractivity contribution is 5.88. The van der Waals surface area contributed by atoms with Gasteiger partial charge < -0.3 is 5.73 Å². The van der Waals surface area contributed by atoms with Gasteiger partial charge in [-0.25, -0.2) is 0 Å². The zero-order valence-electron chi connectivity index (χ0n) is 5.31. The van der Waals surface area contributed by atoms with Gasteiger partial charge in [-0.2, -0.15) is 0 Å². The Morgan fingerprint density at radius 3 is 2.25 bits per heavy atom. The summed E-state index contributed by atoms with van der Waals surface area (Å²) >= 11 is 0. The Kier molecular flexibility index (Phi) is 2.92. The van der Waals surface area contributed by atoms with Gasteiger partial charge in [0.25, 0.3) is 0 Å². The van der Waals surface area contributed by atoms with Crippen LogP contribution in [0.25, 0.3) is 0 Å². The van der Waals surface area contributed by atoms with Crippen LogP contribution in [-0.4, -0.2) is 5.84 Å². The molecule has 0 radical (unpaired) electrons. The standard InChI is InChI=1S/C6H12N2/c1-5(2)3-4-6(7)8/h3-5H,1-2H3,(H3,7,8)/b4-3-. The zero-order valence-corrected chi connectivity index (χ0v) is 5.31. The quantitative estimate of drug-likeness (QED) is 0.408. The largest absolute Gasteiger partial charge is 0.384 e. The molecule has 3 N–H and O–H groups in total. The van der Waals surface area contributed by atoms with Crippen molar-refractivity contribution >= 4 is 5.84 Å². The van der Waals surface area contributed by atoms with E-state index in [4.69, 9.17) is 11.1 Å². The lowest BCUT2D eigenvalue weighted by molar-refractivity contribution is 0.832. The number of amidine groups is 1. The summed E-state index contributed by atoms with van der Waals surface area (Å²) in [6.45, 7) is 4.08. The van der Waals surface area contributed by atoms with E-state index in [2.05, 4.69) is 0 Å². The van der Waals surface area contributed by atoms with Crippen LogP contribution in [0.4, 0.5) is 0 Å². The number of allylic oxidation sites excluding steroid dienone is 1. The van der Waals surface area contributed by atoms with Gasteiger partial charge in [0.2, 0.25) is 0 Å². The van der Waals surface area contributed by atoms with Gasteiger partial charge in [0.1, 0.15) is 5.84 Å². The van der Waals surface area contributed by atoms with E-state index in [-0.39, 0.29) is 5.84 Å². The van der Waals surface area contributed by atoms with Crippen LogP contribution >= 0.6 is 0 Å². The van der Waals surface area contributed by atoms with Crippen molar-refractivity contribution in [2.75, 3.05) is 0 Å². The van der Waals surface area contributed by atoms with Crippen LogP contribution in [0, 0.1) is 11.3 Å². The second-order valence-corrected chi connectivity index (χ2v) is 2.06. The van der Waals surface area contributed by atoms with Crippen molar-refractivity contribution in [1.29, 1.82) is 5.41 Å². The Morgan fingerprint density at radius 1 is 1.62 bits per heavy atom. The first-order chi connectivity index (χ1) is 3.63. The number of nitrogens with one attached hydrogen (secondary N) is 1. The molecule has 0 heterocycles. The molecule has 46 valence electrons. The molecule has 0 aromatic rings. The van der Waals surface area contributed by atoms with Crippen molar-refractivity contribution in [3.05, 3.63) is 12.2 Å². The predicted octanol–water partition coefficient (Wildman–Crippen LogP) is 1.13. The van der Waals surface area contributed by atoms with Crippen LogP contribution in [-0.2, 0) is 0 Å². The van der Waals surface area contributed by atoms with Crippen LogP contribution in [0.3, 0.4) is 0 Å². The summed E-state index contributed by atoms with van der Waals surface area (Å²) in [5.41, 5.74) is 5.04. The van der Waals surface area contributed by atoms with E-state index < -0.39 is 0 Å². The van der Waals surface area contributed by atoms with Crippen molar-refractivity contribution < 1.29 is 0 Å². The maximum absolute atomic E-state index is 6.78. The molecule has 0 rings (SSSR count). The second kappa shape index (κ2) is 3.24. The van der Waals surface area contributed by atoms with Gasteiger partial charge in [0, 0.05) is 0 Å². The van der Waals surface area contributed by atoms with Gasteiger partial charge in [-0.15, -0.1) is 0 Å². The topological polar surface area (TPSA) is 49.9 Å². The van der Waals surface area contributed by atoms with Crippen molar-refractivity contribution in [2.24, 2.45) is 11.7 Å². The molecule has 0 bridgehead atoms. The minimum atomic E-state index is 0.124. The molecule has 0 spiro atoms. The van der Waals surface area contributed by atoms with Crippen LogP contribution in [0.15, 0.2) is 12.2 Å². The molecule has 0 aliphatic heterocycles. The highest BCUT2D eigenvalue weighted by Gasteiger charge is 1.82. The molecule has 0 saturated carbocycles. The summed E-state index contributed by atoms with van der Waals surface area (Å²) in [7, 11) is 0. The minimum absolute atomic E-state index is 0.124. The van der Waals surface area contributed by atoms with Crippen LogP contribution in [0.1, 0.15) is 13.8 Å². The van der Waals surface area contributed by atoms with E-state index in [0.717, 1.165) is 0 Å². The van der Waals surface area contributed by atoms with E-state index in [1.54, 1.807) is 6.08 Å². The maximum Gasteiger partial charge on any atom is 0.114 e. The number of hydrogen-bond donors (Lipinski definition) is 2. The summed E-state index contributed by atoms with van der Waals surface area (Å²) < 4.78 is 0. The van der Waals surface area contributed by atoms with Gasteiger partial charge in [0.15, 0.2) is 0 Å². The molecule has 8 heavy (non-hydrogen) atoms. The molecule has 0 aliphatic carbocycles. The molecule has 0 aromatic heterocycles. The van der Waals surface area contributed by atoms with Crippen LogP contribution in [0.2, 0.25) is 0 Å². The zero-order chi connectivity index (χ0) is 6.57. The number of hydrogen-bond acceptors (Lipinski definition) is 1. The molecular weight excluding hydrogens is 100 g/mol. The maximum atomic E-state index is 6.78. The molecule has 0 fully saturated rings. The summed E-state index contributed by atoms with van der Waals surface area (Å²) in [5, 5.41) is 6.78. The summed E-state index contributed by atoms with van der Waals surface area (Å²) in [6, 6.07) is 0. The minimum Gasteiger partial charge on any atom is -0.384 e. The average Bonchev–Trinajstić information content (AvgIpc) is 1.61. The Hall–Kier alpha value is -0.790. The van der Waals surface area contributed by atoms with E-state index in [9.17, 15) is 0 Å². The summed E-state index contributed by atoms with van der Waals surface area (Å²) in [5.74, 6) is 0.609. The molecule has 2 heteroatoms. The van der Waals surface area contributed by atoms with Gasteiger partial charge in [-0.1, -0.05) is 19.9 Å². The third-order valence-corrected chi connectivity index (χ3v) is 0.661. The molecule has 0 aliphatic rings. The van der Waals surface area contributed by atoms with Gasteiger partial charge in [-0.05, 0) is 12.0 Å². The first-order valence-electron chi connectivity index (χ1n) is 2.65. The van der Waals surface area contributed by atoms with Gasteiger partial charge >= 0.3 is 0 Å². The molecule has 2 nitrogen and oxygen atoms in total. The lowest BCUT2D eigenvalue weighted by Gasteiger charge is -1.90. The third-order valence-electron chi connectivity index (χ3n) is 0.661. The highest BCUT2D eigenvalue weighted by atomic mass is 14.7. The second-order valence-electron chi connectivity index (χ2n) is 2.06. The van der Waals surface area contributed by atoms with Crippen LogP contribution < -0.4 is 5.73 Å². The smallest absolute Gasteiger partial charge is 0.114 e. The van der Waals surface area contributed by atoms with E-state index in [1.807, 2.05) is 19.9 Å². The van der Waals surface area contributed by atoms with Crippen molar-refractivity contribution in [1.82, 2.24) is 0 Å². The molecule has 0 unspecified atom stereocenters. The lowest BCUT2D eigenvalue weighted by Crippen LogP contribution is -2.04. The Bertz CT molecular complexity index is 103. The molecular formula is C6H12N2. The van der Waals surface area contributed by atoms with Gasteiger partial charge in [-0.3, -0.25) is 5.41 Å². The molecule has 0 atom stereocenters. The van der Waals surface area contributed by atoms with E-state index in [1.165, 1.54) is 0 Å². The normalized spacial score (nSPS) is 10.9. The summed E-state index contributed by atoms with van der Waals surface area (Å²) in [6.07, 6.45) is 3.49. The highest BCUT2D eigenvalue weighted by Crippen LogP contribution is 1.91. The fourth-order valence-electron chi connectivity index (χ4n) is 0.296. The van der Waals surface area contributed by atoms with E-state index in [0.29, 0.717) is 5.92 Å². The predicted molar refractivity (Wildman–Crippen MR) is 35.9 cm³/mol. The number of nitrogens with two attached hydrogens (primary N) is 1. The average molecular weight is 112 g/mol. The monoisotopic (exact) mass is 112 g/mol. The van der Waals surface area contributed by atoms with Crippen molar-refractivity contribution in [3.8, 4) is 0 Å². The van der Waals surface area contributed by atoms with Crippen LogP contribution in [0.5, 0.6) is 0 Å². The lowest BCUT2D eigenvalue weighted by atomic mass is 10.2. The first-order valence-corrected chi connectivity index (χ1v) is 2.65.